The maximum atomic E-state index is 12.5. The molecule has 1 aromatic rings. The monoisotopic (exact) mass is 305 g/mol. The van der Waals surface area contributed by atoms with E-state index in [1.54, 1.807) is 6.07 Å². The Morgan fingerprint density at radius 2 is 2.00 bits per heavy atom. The number of carbonyl (C=O) groups excluding carboxylic acids is 1. The van der Waals surface area contributed by atoms with Crippen LogP contribution < -0.4 is 15.8 Å². The van der Waals surface area contributed by atoms with E-state index in [9.17, 15) is 4.79 Å². The van der Waals surface area contributed by atoms with E-state index in [1.807, 2.05) is 26.8 Å². The first kappa shape index (κ1) is 16.6. The number of rotatable bonds is 4. The summed E-state index contributed by atoms with van der Waals surface area (Å²) in [5.74, 6) is 0.596. The third-order valence-electron chi connectivity index (χ3n) is 4.02. The molecule has 0 unspecified atom stereocenters. The highest BCUT2D eigenvalue weighted by Gasteiger charge is 2.20. The van der Waals surface area contributed by atoms with Crippen LogP contribution in [-0.2, 0) is 0 Å². The number of nitrogens with zero attached hydrogens (tertiary/aromatic N) is 1. The highest BCUT2D eigenvalue weighted by atomic mass is 16.5. The van der Waals surface area contributed by atoms with Crippen LogP contribution >= 0.6 is 0 Å². The number of amides is 1. The van der Waals surface area contributed by atoms with Crippen LogP contribution in [0.25, 0.3) is 0 Å². The molecule has 22 heavy (non-hydrogen) atoms. The van der Waals surface area contributed by atoms with Crippen LogP contribution in [0.2, 0.25) is 0 Å². The summed E-state index contributed by atoms with van der Waals surface area (Å²) in [6.07, 6.45) is 2.04. The third-order valence-corrected chi connectivity index (χ3v) is 4.02. The average Bonchev–Trinajstić information content (AvgIpc) is 2.44. The van der Waals surface area contributed by atoms with Crippen LogP contribution in [0, 0.1) is 6.92 Å². The van der Waals surface area contributed by atoms with Crippen molar-refractivity contribution in [2.75, 3.05) is 25.9 Å². The van der Waals surface area contributed by atoms with Gasteiger partial charge < -0.3 is 20.7 Å². The lowest BCUT2D eigenvalue weighted by atomic mass is 10.0. The predicted molar refractivity (Wildman–Crippen MR) is 89.3 cm³/mol. The Morgan fingerprint density at radius 3 is 2.59 bits per heavy atom. The summed E-state index contributed by atoms with van der Waals surface area (Å²) in [5.41, 5.74) is 8.04. The summed E-state index contributed by atoms with van der Waals surface area (Å²) < 4.78 is 5.66. The Kier molecular flexibility index (Phi) is 5.29. The molecular formula is C17H27N3O2. The topological polar surface area (TPSA) is 67.6 Å². The molecular weight excluding hydrogens is 278 g/mol. The normalized spacial score (nSPS) is 16.8. The molecule has 1 aliphatic rings. The van der Waals surface area contributed by atoms with Gasteiger partial charge in [-0.2, -0.15) is 0 Å². The number of hydrogen-bond acceptors (Lipinski definition) is 4. The number of anilines is 1. The van der Waals surface area contributed by atoms with Crippen LogP contribution in [0.4, 0.5) is 5.69 Å². The molecule has 0 bridgehead atoms. The van der Waals surface area contributed by atoms with Gasteiger partial charge in [-0.05, 0) is 71.4 Å². The van der Waals surface area contributed by atoms with Crippen molar-refractivity contribution in [2.24, 2.45) is 0 Å². The molecule has 1 saturated heterocycles. The molecule has 0 atom stereocenters. The second-order valence-corrected chi connectivity index (χ2v) is 6.42. The SMILES string of the molecule is Cc1cc(OC(C)C)c(N)cc1C(=O)NC1CCN(C)CC1. The first-order valence-electron chi connectivity index (χ1n) is 7.93. The van der Waals surface area contributed by atoms with Crippen molar-refractivity contribution in [3.05, 3.63) is 23.3 Å². The number of hydrogen-bond donors (Lipinski definition) is 2. The van der Waals surface area contributed by atoms with Crippen molar-refractivity contribution in [2.45, 2.75) is 45.8 Å². The van der Waals surface area contributed by atoms with Crippen molar-refractivity contribution < 1.29 is 9.53 Å². The number of ether oxygens (including phenoxy) is 1. The van der Waals surface area contributed by atoms with Gasteiger partial charge in [-0.15, -0.1) is 0 Å². The minimum atomic E-state index is -0.0464. The summed E-state index contributed by atoms with van der Waals surface area (Å²) in [4.78, 5) is 14.8. The largest absolute Gasteiger partial charge is 0.489 e. The molecule has 0 aromatic heterocycles. The van der Waals surface area contributed by atoms with Gasteiger partial charge in [-0.1, -0.05) is 0 Å². The van der Waals surface area contributed by atoms with Crippen LogP contribution in [0.15, 0.2) is 12.1 Å². The lowest BCUT2D eigenvalue weighted by Crippen LogP contribution is -2.43. The van der Waals surface area contributed by atoms with Crippen LogP contribution in [0.5, 0.6) is 5.75 Å². The lowest BCUT2D eigenvalue weighted by Gasteiger charge is -2.29. The number of aryl methyl sites for hydroxylation is 1. The Hall–Kier alpha value is -1.75. The van der Waals surface area contributed by atoms with Gasteiger partial charge in [-0.3, -0.25) is 4.79 Å². The fourth-order valence-electron chi connectivity index (χ4n) is 2.71. The first-order chi connectivity index (χ1) is 10.4. The van der Waals surface area contributed by atoms with Crippen LogP contribution in [0.3, 0.4) is 0 Å². The van der Waals surface area contributed by atoms with Crippen molar-refractivity contribution in [3.63, 3.8) is 0 Å². The van der Waals surface area contributed by atoms with Crippen molar-refractivity contribution in [1.82, 2.24) is 10.2 Å². The van der Waals surface area contributed by atoms with E-state index in [0.29, 0.717) is 17.0 Å². The molecule has 1 amide bonds. The second kappa shape index (κ2) is 7.01. The van der Waals surface area contributed by atoms with E-state index in [-0.39, 0.29) is 18.1 Å². The van der Waals surface area contributed by atoms with E-state index in [0.717, 1.165) is 31.5 Å². The van der Waals surface area contributed by atoms with E-state index >= 15 is 0 Å². The molecule has 0 spiro atoms. The van der Waals surface area contributed by atoms with Gasteiger partial charge >= 0.3 is 0 Å². The Balaban J connectivity index is 2.08. The Bertz CT molecular complexity index is 535. The zero-order valence-electron chi connectivity index (χ0n) is 14.0. The maximum Gasteiger partial charge on any atom is 0.251 e. The summed E-state index contributed by atoms with van der Waals surface area (Å²) in [6, 6.07) is 3.81. The minimum absolute atomic E-state index is 0.0464. The number of likely N-dealkylation sites (tertiary alicyclic amines) is 1. The molecule has 122 valence electrons. The average molecular weight is 305 g/mol. The molecule has 2 rings (SSSR count). The highest BCUT2D eigenvalue weighted by molar-refractivity contribution is 5.97. The van der Waals surface area contributed by atoms with Crippen molar-refractivity contribution in [1.29, 1.82) is 0 Å². The van der Waals surface area contributed by atoms with Gasteiger partial charge in [0.2, 0.25) is 0 Å². The van der Waals surface area contributed by atoms with Gasteiger partial charge in [0.15, 0.2) is 0 Å². The summed E-state index contributed by atoms with van der Waals surface area (Å²) in [5, 5.41) is 3.12. The van der Waals surface area contributed by atoms with Gasteiger partial charge in [-0.25, -0.2) is 0 Å². The molecule has 1 aliphatic heterocycles. The first-order valence-corrected chi connectivity index (χ1v) is 7.93. The fraction of sp³-hybridized carbons (Fsp3) is 0.588. The summed E-state index contributed by atoms with van der Waals surface area (Å²) in [7, 11) is 2.11. The fourth-order valence-corrected chi connectivity index (χ4v) is 2.71. The summed E-state index contributed by atoms with van der Waals surface area (Å²) >= 11 is 0. The van der Waals surface area contributed by atoms with E-state index < -0.39 is 0 Å². The smallest absolute Gasteiger partial charge is 0.251 e. The molecule has 0 radical (unpaired) electrons. The standard InChI is InChI=1S/C17H27N3O2/c1-11(2)22-16-9-12(3)14(10-15(16)18)17(21)19-13-5-7-20(4)8-6-13/h9-11,13H,5-8,18H2,1-4H3,(H,19,21). The molecule has 0 aliphatic carbocycles. The third kappa shape index (κ3) is 4.13. The van der Waals surface area contributed by atoms with Crippen LogP contribution in [0.1, 0.15) is 42.6 Å². The second-order valence-electron chi connectivity index (χ2n) is 6.42. The number of nitrogens with one attached hydrogen (secondary N) is 1. The van der Waals surface area contributed by atoms with Gasteiger partial charge in [0, 0.05) is 11.6 Å². The van der Waals surface area contributed by atoms with E-state index in [4.69, 9.17) is 10.5 Å². The molecule has 5 nitrogen and oxygen atoms in total. The molecule has 0 saturated carbocycles. The van der Waals surface area contributed by atoms with Crippen molar-refractivity contribution in [3.8, 4) is 5.75 Å². The molecule has 5 heteroatoms. The Morgan fingerprint density at radius 1 is 1.36 bits per heavy atom. The zero-order valence-corrected chi connectivity index (χ0v) is 14.0. The van der Waals surface area contributed by atoms with Gasteiger partial charge in [0.25, 0.3) is 5.91 Å². The zero-order chi connectivity index (χ0) is 16.3. The number of nitrogen functional groups attached to an aromatic ring is 1. The molecule has 1 fully saturated rings. The predicted octanol–water partition coefficient (Wildman–Crippen LogP) is 2.19. The quantitative estimate of drug-likeness (QED) is 0.837. The van der Waals surface area contributed by atoms with E-state index in [2.05, 4.69) is 17.3 Å². The Labute approximate surface area is 132 Å². The number of piperidine rings is 1. The molecule has 3 N–H and O–H groups in total. The summed E-state index contributed by atoms with van der Waals surface area (Å²) in [6.45, 7) is 7.86. The van der Waals surface area contributed by atoms with Crippen LogP contribution in [-0.4, -0.2) is 43.1 Å². The van der Waals surface area contributed by atoms with E-state index in [1.165, 1.54) is 0 Å². The van der Waals surface area contributed by atoms with Gasteiger partial charge in [0.05, 0.1) is 11.8 Å². The lowest BCUT2D eigenvalue weighted by molar-refractivity contribution is 0.0916. The highest BCUT2D eigenvalue weighted by Crippen LogP contribution is 2.27. The molecule has 1 aromatic carbocycles. The van der Waals surface area contributed by atoms with Crippen molar-refractivity contribution >= 4 is 11.6 Å². The number of nitrogens with two attached hydrogens (primary N) is 1. The number of benzene rings is 1. The molecule has 1 heterocycles. The maximum absolute atomic E-state index is 12.5. The van der Waals surface area contributed by atoms with Gasteiger partial charge in [0.1, 0.15) is 5.75 Å². The minimum Gasteiger partial charge on any atom is -0.489 e. The number of carbonyl (C=O) groups is 1.